The number of rotatable bonds is 4. The van der Waals surface area contributed by atoms with Gasteiger partial charge in [-0.3, -0.25) is 9.69 Å². The quantitative estimate of drug-likeness (QED) is 0.689. The van der Waals surface area contributed by atoms with Crippen molar-refractivity contribution >= 4 is 23.2 Å². The topological polar surface area (TPSA) is 32.3 Å². The third-order valence-corrected chi connectivity index (χ3v) is 2.33. The molecule has 13 heavy (non-hydrogen) atoms. The Morgan fingerprint density at radius 3 is 2.92 bits per heavy atom. The summed E-state index contributed by atoms with van der Waals surface area (Å²) in [6.45, 7) is 1.52. The number of alkyl halides is 1. The summed E-state index contributed by atoms with van der Waals surface area (Å²) in [6, 6.07) is -0.232. The molecule has 0 aromatic rings. The van der Waals surface area contributed by atoms with E-state index in [1.165, 1.54) is 4.90 Å². The number of nitrogens with zero attached hydrogens (tertiary/aromatic N) is 1. The maximum atomic E-state index is 12.0. The molecule has 0 unspecified atom stereocenters. The highest BCUT2D eigenvalue weighted by Gasteiger charge is 2.33. The number of hydrogen-bond acceptors (Lipinski definition) is 2. The van der Waals surface area contributed by atoms with Crippen molar-refractivity contribution in [3.05, 3.63) is 0 Å². The van der Waals surface area contributed by atoms with Crippen molar-refractivity contribution in [2.45, 2.75) is 25.8 Å². The highest BCUT2D eigenvalue weighted by molar-refractivity contribution is 7.80. The zero-order valence-corrected chi connectivity index (χ0v) is 8.36. The van der Waals surface area contributed by atoms with Crippen molar-refractivity contribution < 1.29 is 9.18 Å². The minimum absolute atomic E-state index is 0.0743. The van der Waals surface area contributed by atoms with E-state index < -0.39 is 6.67 Å². The van der Waals surface area contributed by atoms with Gasteiger partial charge in [-0.05, 0) is 18.6 Å². The van der Waals surface area contributed by atoms with Crippen LogP contribution in [-0.2, 0) is 4.79 Å². The van der Waals surface area contributed by atoms with E-state index in [-0.39, 0.29) is 18.5 Å². The Bertz CT molecular complexity index is 222. The van der Waals surface area contributed by atoms with Crippen molar-refractivity contribution in [1.29, 1.82) is 0 Å². The van der Waals surface area contributed by atoms with Crippen LogP contribution in [0.4, 0.5) is 4.39 Å². The molecule has 1 N–H and O–H groups in total. The minimum Gasteiger partial charge on any atom is -0.350 e. The Balaban J connectivity index is 2.58. The van der Waals surface area contributed by atoms with Gasteiger partial charge in [0.1, 0.15) is 12.7 Å². The first kappa shape index (κ1) is 10.4. The number of amides is 1. The lowest BCUT2D eigenvalue weighted by molar-refractivity contribution is -0.127. The molecule has 0 aliphatic carbocycles. The lowest BCUT2D eigenvalue weighted by atomic mass is 10.2. The van der Waals surface area contributed by atoms with Crippen LogP contribution in [0.3, 0.4) is 0 Å². The fraction of sp³-hybridized carbons (Fsp3) is 0.750. The second kappa shape index (κ2) is 4.50. The first-order valence-corrected chi connectivity index (χ1v) is 4.79. The van der Waals surface area contributed by atoms with Crippen molar-refractivity contribution in [3.63, 3.8) is 0 Å². The summed E-state index contributed by atoms with van der Waals surface area (Å²) >= 11 is 4.90. The van der Waals surface area contributed by atoms with Crippen LogP contribution in [-0.4, -0.2) is 35.2 Å². The maximum Gasteiger partial charge on any atom is 0.251 e. The number of hydrogen-bond donors (Lipinski definition) is 1. The number of thiocarbonyl (C=S) groups is 1. The van der Waals surface area contributed by atoms with Crippen molar-refractivity contribution in [1.82, 2.24) is 10.2 Å². The normalized spacial score (nSPS) is 22.3. The van der Waals surface area contributed by atoms with Gasteiger partial charge in [-0.15, -0.1) is 0 Å². The second-order valence-corrected chi connectivity index (χ2v) is 3.36. The molecule has 1 amide bonds. The third-order valence-electron chi connectivity index (χ3n) is 1.99. The maximum absolute atomic E-state index is 12.0. The lowest BCUT2D eigenvalue weighted by Crippen LogP contribution is -2.33. The summed E-state index contributed by atoms with van der Waals surface area (Å²) in [5.74, 6) is -0.0931. The molecule has 1 aliphatic rings. The van der Waals surface area contributed by atoms with Gasteiger partial charge in [0.05, 0.1) is 6.54 Å². The number of nitrogens with one attached hydrogen (secondary N) is 1. The highest BCUT2D eigenvalue weighted by Crippen LogP contribution is 2.10. The van der Waals surface area contributed by atoms with Crippen molar-refractivity contribution in [3.8, 4) is 0 Å². The smallest absolute Gasteiger partial charge is 0.251 e. The molecule has 1 aliphatic heterocycles. The molecule has 0 saturated carbocycles. The predicted molar refractivity (Wildman–Crippen MR) is 52.1 cm³/mol. The summed E-state index contributed by atoms with van der Waals surface area (Å²) in [7, 11) is 0. The van der Waals surface area contributed by atoms with Gasteiger partial charge < -0.3 is 5.32 Å². The van der Waals surface area contributed by atoms with Crippen LogP contribution >= 0.6 is 12.2 Å². The van der Waals surface area contributed by atoms with Crippen LogP contribution < -0.4 is 5.32 Å². The van der Waals surface area contributed by atoms with Gasteiger partial charge in [-0.2, -0.15) is 0 Å². The molecular formula is C8H13FN2OS. The predicted octanol–water partition coefficient (Wildman–Crippen LogP) is 0.841. The van der Waals surface area contributed by atoms with Crippen molar-refractivity contribution in [2.75, 3.05) is 13.2 Å². The number of carbonyl (C=O) groups excluding carboxylic acids is 1. The zero-order chi connectivity index (χ0) is 9.84. The Hall–Kier alpha value is -0.710. The van der Waals surface area contributed by atoms with E-state index in [4.69, 9.17) is 12.2 Å². The summed E-state index contributed by atoms with van der Waals surface area (Å²) < 4.78 is 12.0. The molecule has 0 bridgehead atoms. The summed E-state index contributed by atoms with van der Waals surface area (Å²) in [5, 5.41) is 3.24. The van der Waals surface area contributed by atoms with Crippen LogP contribution in [0.1, 0.15) is 19.8 Å². The minimum atomic E-state index is -0.549. The molecule has 0 aromatic carbocycles. The van der Waals surface area contributed by atoms with Gasteiger partial charge in [0.25, 0.3) is 5.91 Å². The van der Waals surface area contributed by atoms with Gasteiger partial charge >= 0.3 is 0 Å². The van der Waals surface area contributed by atoms with E-state index in [2.05, 4.69) is 5.32 Å². The van der Waals surface area contributed by atoms with Crippen LogP contribution in [0.5, 0.6) is 0 Å². The van der Waals surface area contributed by atoms with Crippen LogP contribution in [0.25, 0.3) is 0 Å². The van der Waals surface area contributed by atoms with E-state index >= 15 is 0 Å². The molecule has 1 fully saturated rings. The molecule has 1 heterocycles. The first-order chi connectivity index (χ1) is 6.20. The summed E-state index contributed by atoms with van der Waals surface area (Å²) in [6.07, 6.45) is 1.66. The molecule has 0 aromatic heterocycles. The second-order valence-electron chi connectivity index (χ2n) is 2.97. The zero-order valence-electron chi connectivity index (χ0n) is 7.55. The third kappa shape index (κ3) is 2.15. The van der Waals surface area contributed by atoms with Gasteiger partial charge in [-0.25, -0.2) is 4.39 Å². The van der Waals surface area contributed by atoms with Crippen LogP contribution in [0.2, 0.25) is 0 Å². The lowest BCUT2D eigenvalue weighted by Gasteiger charge is -2.11. The molecule has 0 radical (unpaired) electrons. The molecular weight excluding hydrogens is 191 g/mol. The average Bonchev–Trinajstić information content (AvgIpc) is 2.34. The molecule has 74 valence electrons. The first-order valence-electron chi connectivity index (χ1n) is 4.38. The molecule has 1 rings (SSSR count). The molecule has 1 atom stereocenters. The highest BCUT2D eigenvalue weighted by atomic mass is 32.1. The van der Waals surface area contributed by atoms with E-state index in [9.17, 15) is 9.18 Å². The van der Waals surface area contributed by atoms with E-state index in [0.29, 0.717) is 5.11 Å². The Labute approximate surface area is 82.3 Å². The fourth-order valence-corrected chi connectivity index (χ4v) is 1.68. The van der Waals surface area contributed by atoms with E-state index in [0.717, 1.165) is 12.8 Å². The molecule has 3 nitrogen and oxygen atoms in total. The van der Waals surface area contributed by atoms with Crippen LogP contribution in [0, 0.1) is 0 Å². The van der Waals surface area contributed by atoms with Gasteiger partial charge in [0, 0.05) is 0 Å². The van der Waals surface area contributed by atoms with Gasteiger partial charge in [-0.1, -0.05) is 13.3 Å². The molecule has 0 spiro atoms. The fourth-order valence-electron chi connectivity index (χ4n) is 1.36. The van der Waals surface area contributed by atoms with Gasteiger partial charge in [0.2, 0.25) is 0 Å². The SMILES string of the molecule is CCC[C@@H]1NC(=S)N(CCF)C1=O. The number of carbonyl (C=O) groups is 1. The standard InChI is InChI=1S/C8H13FN2OS/c1-2-3-6-7(12)11(5-4-9)8(13)10-6/h6H,2-5H2,1H3,(H,10,13)/t6-/m0/s1. The van der Waals surface area contributed by atoms with E-state index in [1.807, 2.05) is 6.92 Å². The van der Waals surface area contributed by atoms with E-state index in [1.54, 1.807) is 0 Å². The van der Waals surface area contributed by atoms with Crippen LogP contribution in [0.15, 0.2) is 0 Å². The van der Waals surface area contributed by atoms with Gasteiger partial charge in [0.15, 0.2) is 5.11 Å². The Morgan fingerprint density at radius 1 is 1.69 bits per heavy atom. The summed E-state index contributed by atoms with van der Waals surface area (Å²) in [5.41, 5.74) is 0. The average molecular weight is 204 g/mol. The molecule has 1 saturated heterocycles. The Morgan fingerprint density at radius 2 is 2.38 bits per heavy atom. The Kier molecular flexibility index (Phi) is 3.59. The molecule has 5 heteroatoms. The summed E-state index contributed by atoms with van der Waals surface area (Å²) in [4.78, 5) is 12.8. The van der Waals surface area contributed by atoms with Crippen molar-refractivity contribution in [2.24, 2.45) is 0 Å². The largest absolute Gasteiger partial charge is 0.350 e. The monoisotopic (exact) mass is 204 g/mol. The number of halogens is 1.